The highest BCUT2D eigenvalue weighted by atomic mass is 35.5. The second-order valence-electron chi connectivity index (χ2n) is 4.23. The van der Waals surface area contributed by atoms with Crippen molar-refractivity contribution in [2.45, 2.75) is 25.3 Å². The second kappa shape index (κ2) is 3.95. The highest BCUT2D eigenvalue weighted by Crippen LogP contribution is 2.37. The maximum atomic E-state index is 6.32. The van der Waals surface area contributed by atoms with Crippen molar-refractivity contribution in [1.82, 2.24) is 9.55 Å². The topological polar surface area (TPSA) is 17.8 Å². The van der Waals surface area contributed by atoms with Crippen LogP contribution in [-0.2, 0) is 6.42 Å². The molecule has 3 heteroatoms. The molecule has 0 amide bonds. The van der Waals surface area contributed by atoms with Gasteiger partial charge in [-0.2, -0.15) is 0 Å². The molecule has 2 nitrogen and oxygen atoms in total. The number of hydrogen-bond donors (Lipinski definition) is 0. The van der Waals surface area contributed by atoms with Crippen LogP contribution in [0.1, 0.15) is 30.0 Å². The SMILES string of the molecule is Clc1cccc2c1C(n1ccnc1)CCC2. The molecule has 1 aromatic heterocycles. The summed E-state index contributed by atoms with van der Waals surface area (Å²) in [5.41, 5.74) is 2.67. The number of imidazole rings is 1. The predicted molar refractivity (Wildman–Crippen MR) is 64.8 cm³/mol. The van der Waals surface area contributed by atoms with Crippen molar-refractivity contribution >= 4 is 11.6 Å². The zero-order valence-corrected chi connectivity index (χ0v) is 9.69. The molecule has 82 valence electrons. The number of rotatable bonds is 1. The first-order chi connectivity index (χ1) is 7.86. The molecular weight excluding hydrogens is 220 g/mol. The van der Waals surface area contributed by atoms with E-state index in [0.29, 0.717) is 6.04 Å². The zero-order chi connectivity index (χ0) is 11.0. The first kappa shape index (κ1) is 9.91. The van der Waals surface area contributed by atoms with E-state index < -0.39 is 0 Å². The molecule has 1 atom stereocenters. The van der Waals surface area contributed by atoms with Gasteiger partial charge in [0.1, 0.15) is 0 Å². The van der Waals surface area contributed by atoms with Gasteiger partial charge in [-0.05, 0) is 36.5 Å². The number of nitrogens with zero attached hydrogens (tertiary/aromatic N) is 2. The molecule has 1 aromatic carbocycles. The molecule has 0 saturated heterocycles. The molecule has 0 aliphatic heterocycles. The molecule has 2 aromatic rings. The summed E-state index contributed by atoms with van der Waals surface area (Å²) >= 11 is 6.32. The van der Waals surface area contributed by atoms with Gasteiger partial charge in [0.2, 0.25) is 0 Å². The minimum Gasteiger partial charge on any atom is -0.330 e. The number of aromatic nitrogens is 2. The standard InChI is InChI=1S/C13H13ClN2/c14-11-5-1-3-10-4-2-6-12(13(10)11)16-8-7-15-9-16/h1,3,5,7-9,12H,2,4,6H2. The molecule has 0 radical (unpaired) electrons. The van der Waals surface area contributed by atoms with Crippen LogP contribution in [0, 0.1) is 0 Å². The fraction of sp³-hybridized carbons (Fsp3) is 0.308. The normalized spacial score (nSPS) is 19.4. The molecule has 1 aliphatic carbocycles. The quantitative estimate of drug-likeness (QED) is 0.736. The lowest BCUT2D eigenvalue weighted by Gasteiger charge is -2.27. The van der Waals surface area contributed by atoms with Gasteiger partial charge in [0.15, 0.2) is 0 Å². The van der Waals surface area contributed by atoms with E-state index in [1.54, 1.807) is 0 Å². The first-order valence-electron chi connectivity index (χ1n) is 5.61. The fourth-order valence-corrected chi connectivity index (χ4v) is 2.88. The van der Waals surface area contributed by atoms with E-state index in [0.717, 1.165) is 17.9 Å². The van der Waals surface area contributed by atoms with Crippen molar-refractivity contribution in [2.24, 2.45) is 0 Å². The van der Waals surface area contributed by atoms with Crippen LogP contribution >= 0.6 is 11.6 Å². The van der Waals surface area contributed by atoms with Crippen LogP contribution in [-0.4, -0.2) is 9.55 Å². The van der Waals surface area contributed by atoms with Gasteiger partial charge in [-0.25, -0.2) is 4.98 Å². The van der Waals surface area contributed by atoms with Crippen LogP contribution < -0.4 is 0 Å². The van der Waals surface area contributed by atoms with E-state index >= 15 is 0 Å². The maximum absolute atomic E-state index is 6.32. The Balaban J connectivity index is 2.12. The fourth-order valence-electron chi connectivity index (χ4n) is 2.56. The Bertz CT molecular complexity index is 491. The van der Waals surface area contributed by atoms with E-state index in [1.807, 2.05) is 30.9 Å². The zero-order valence-electron chi connectivity index (χ0n) is 8.94. The van der Waals surface area contributed by atoms with Crippen molar-refractivity contribution in [3.8, 4) is 0 Å². The van der Waals surface area contributed by atoms with Crippen molar-refractivity contribution in [2.75, 3.05) is 0 Å². The largest absolute Gasteiger partial charge is 0.330 e. The molecular formula is C13H13ClN2. The smallest absolute Gasteiger partial charge is 0.0951 e. The number of hydrogen-bond acceptors (Lipinski definition) is 1. The van der Waals surface area contributed by atoms with Gasteiger partial charge in [-0.3, -0.25) is 0 Å². The second-order valence-corrected chi connectivity index (χ2v) is 4.64. The monoisotopic (exact) mass is 232 g/mol. The third-order valence-electron chi connectivity index (χ3n) is 3.28. The van der Waals surface area contributed by atoms with Crippen LogP contribution in [0.2, 0.25) is 5.02 Å². The minimum absolute atomic E-state index is 0.361. The summed E-state index contributed by atoms with van der Waals surface area (Å²) in [6, 6.07) is 6.57. The average Bonchev–Trinajstić information content (AvgIpc) is 2.82. The van der Waals surface area contributed by atoms with Crippen LogP contribution in [0.4, 0.5) is 0 Å². The van der Waals surface area contributed by atoms with Gasteiger partial charge in [-0.15, -0.1) is 0 Å². The van der Waals surface area contributed by atoms with Crippen molar-refractivity contribution in [1.29, 1.82) is 0 Å². The molecule has 3 rings (SSSR count). The number of halogens is 1. The number of benzene rings is 1. The Labute approximate surface area is 99.9 Å². The van der Waals surface area contributed by atoms with Crippen molar-refractivity contribution in [3.63, 3.8) is 0 Å². The molecule has 1 unspecified atom stereocenters. The average molecular weight is 233 g/mol. The molecule has 1 aliphatic rings. The summed E-state index contributed by atoms with van der Waals surface area (Å²) in [6.07, 6.45) is 9.22. The number of fused-ring (bicyclic) bond motifs is 1. The molecule has 0 bridgehead atoms. The minimum atomic E-state index is 0.361. The maximum Gasteiger partial charge on any atom is 0.0951 e. The molecule has 0 N–H and O–H groups in total. The van der Waals surface area contributed by atoms with Crippen LogP contribution in [0.3, 0.4) is 0 Å². The van der Waals surface area contributed by atoms with E-state index in [9.17, 15) is 0 Å². The van der Waals surface area contributed by atoms with Crippen molar-refractivity contribution < 1.29 is 0 Å². The van der Waals surface area contributed by atoms with Crippen molar-refractivity contribution in [3.05, 3.63) is 53.1 Å². The Morgan fingerprint density at radius 2 is 2.31 bits per heavy atom. The third-order valence-corrected chi connectivity index (χ3v) is 3.61. The third kappa shape index (κ3) is 1.54. The van der Waals surface area contributed by atoms with Gasteiger partial charge in [0, 0.05) is 17.4 Å². The molecule has 1 heterocycles. The summed E-state index contributed by atoms with van der Waals surface area (Å²) in [7, 11) is 0. The first-order valence-corrected chi connectivity index (χ1v) is 5.99. The van der Waals surface area contributed by atoms with Crippen LogP contribution in [0.5, 0.6) is 0 Å². The summed E-state index contributed by atoms with van der Waals surface area (Å²) in [5.74, 6) is 0. The summed E-state index contributed by atoms with van der Waals surface area (Å²) < 4.78 is 2.16. The van der Waals surface area contributed by atoms with Gasteiger partial charge in [0.05, 0.1) is 12.4 Å². The van der Waals surface area contributed by atoms with E-state index in [4.69, 9.17) is 11.6 Å². The van der Waals surface area contributed by atoms with Gasteiger partial charge in [-0.1, -0.05) is 23.7 Å². The molecule has 0 saturated carbocycles. The highest BCUT2D eigenvalue weighted by Gasteiger charge is 2.23. The molecule has 0 spiro atoms. The lowest BCUT2D eigenvalue weighted by molar-refractivity contribution is 0.489. The summed E-state index contributed by atoms with van der Waals surface area (Å²) in [5, 5.41) is 0.885. The van der Waals surface area contributed by atoms with E-state index in [-0.39, 0.29) is 0 Å². The number of aryl methyl sites for hydroxylation is 1. The lowest BCUT2D eigenvalue weighted by Crippen LogP contribution is -2.16. The van der Waals surface area contributed by atoms with Gasteiger partial charge >= 0.3 is 0 Å². The Kier molecular flexibility index (Phi) is 2.44. The van der Waals surface area contributed by atoms with Gasteiger partial charge in [0.25, 0.3) is 0 Å². The van der Waals surface area contributed by atoms with E-state index in [2.05, 4.69) is 15.6 Å². The Morgan fingerprint density at radius 1 is 1.38 bits per heavy atom. The summed E-state index contributed by atoms with van der Waals surface area (Å²) in [4.78, 5) is 4.12. The van der Waals surface area contributed by atoms with E-state index in [1.165, 1.54) is 17.5 Å². The molecule has 0 fully saturated rings. The van der Waals surface area contributed by atoms with Crippen LogP contribution in [0.25, 0.3) is 0 Å². The Hall–Kier alpha value is -1.28. The highest BCUT2D eigenvalue weighted by molar-refractivity contribution is 6.31. The van der Waals surface area contributed by atoms with Gasteiger partial charge < -0.3 is 4.57 Å². The summed E-state index contributed by atoms with van der Waals surface area (Å²) in [6.45, 7) is 0. The van der Waals surface area contributed by atoms with Crippen LogP contribution in [0.15, 0.2) is 36.9 Å². The lowest BCUT2D eigenvalue weighted by atomic mass is 9.87. The molecule has 16 heavy (non-hydrogen) atoms. The Morgan fingerprint density at radius 3 is 3.12 bits per heavy atom. The predicted octanol–water partition coefficient (Wildman–Crippen LogP) is 3.46.